The zero-order valence-corrected chi connectivity index (χ0v) is 6.84. The molecule has 0 fully saturated rings. The van der Waals surface area contributed by atoms with Crippen LogP contribution in [0.15, 0.2) is 17.2 Å². The molecule has 0 spiro atoms. The van der Waals surface area contributed by atoms with Crippen molar-refractivity contribution < 1.29 is 4.39 Å². The van der Waals surface area contributed by atoms with Gasteiger partial charge in [0.15, 0.2) is 0 Å². The third-order valence-electron chi connectivity index (χ3n) is 1.09. The SMILES string of the molecule is Cc1ncc(F)cc1SCl. The molecule has 0 saturated carbocycles. The Bertz CT molecular complexity index is 241. The van der Waals surface area contributed by atoms with Crippen molar-refractivity contribution in [3.8, 4) is 0 Å². The average molecular weight is 178 g/mol. The Morgan fingerprint density at radius 2 is 2.40 bits per heavy atom. The maximum atomic E-state index is 12.4. The van der Waals surface area contributed by atoms with Gasteiger partial charge in [-0.15, -0.1) is 0 Å². The van der Waals surface area contributed by atoms with Crippen molar-refractivity contribution in [2.45, 2.75) is 11.8 Å². The Kier molecular flexibility index (Phi) is 2.51. The number of hydrogen-bond acceptors (Lipinski definition) is 2. The molecule has 54 valence electrons. The fourth-order valence-electron chi connectivity index (χ4n) is 0.567. The van der Waals surface area contributed by atoms with Crippen LogP contribution in [0, 0.1) is 12.7 Å². The highest BCUT2D eigenvalue weighted by atomic mass is 35.7. The van der Waals surface area contributed by atoms with Gasteiger partial charge in [-0.2, -0.15) is 0 Å². The summed E-state index contributed by atoms with van der Waals surface area (Å²) >= 11 is 0. The molecule has 0 aliphatic carbocycles. The molecular weight excluding hydrogens is 173 g/mol. The Morgan fingerprint density at radius 1 is 1.70 bits per heavy atom. The fraction of sp³-hybridized carbons (Fsp3) is 0.167. The summed E-state index contributed by atoms with van der Waals surface area (Å²) in [5.41, 5.74) is 0.751. The van der Waals surface area contributed by atoms with E-state index in [1.54, 1.807) is 6.92 Å². The first kappa shape index (κ1) is 7.82. The fourth-order valence-corrected chi connectivity index (χ4v) is 1.36. The third kappa shape index (κ3) is 1.61. The molecule has 0 aromatic carbocycles. The van der Waals surface area contributed by atoms with Crippen LogP contribution in [0.2, 0.25) is 0 Å². The predicted octanol–water partition coefficient (Wildman–Crippen LogP) is 2.78. The van der Waals surface area contributed by atoms with Crippen molar-refractivity contribution in [1.29, 1.82) is 0 Å². The Hall–Kier alpha value is -0.280. The van der Waals surface area contributed by atoms with E-state index in [-0.39, 0.29) is 5.82 Å². The summed E-state index contributed by atoms with van der Waals surface area (Å²) in [6.07, 6.45) is 1.17. The Morgan fingerprint density at radius 3 is 2.90 bits per heavy atom. The number of aryl methyl sites for hydroxylation is 1. The normalized spacial score (nSPS) is 9.90. The van der Waals surface area contributed by atoms with Crippen LogP contribution >= 0.6 is 21.7 Å². The Labute approximate surface area is 67.1 Å². The van der Waals surface area contributed by atoms with E-state index >= 15 is 0 Å². The molecule has 0 unspecified atom stereocenters. The molecule has 0 saturated heterocycles. The van der Waals surface area contributed by atoms with E-state index in [4.69, 9.17) is 10.7 Å². The van der Waals surface area contributed by atoms with Crippen molar-refractivity contribution in [2.24, 2.45) is 0 Å². The molecule has 4 heteroatoms. The van der Waals surface area contributed by atoms with E-state index in [0.29, 0.717) is 4.90 Å². The topological polar surface area (TPSA) is 12.9 Å². The second-order valence-corrected chi connectivity index (χ2v) is 2.87. The lowest BCUT2D eigenvalue weighted by molar-refractivity contribution is 0.615. The van der Waals surface area contributed by atoms with Crippen molar-refractivity contribution in [3.63, 3.8) is 0 Å². The largest absolute Gasteiger partial charge is 0.257 e. The molecule has 0 radical (unpaired) electrons. The van der Waals surface area contributed by atoms with Gasteiger partial charge in [0.05, 0.1) is 11.9 Å². The molecule has 0 aliphatic rings. The smallest absolute Gasteiger partial charge is 0.142 e. The average Bonchev–Trinajstić information content (AvgIpc) is 1.94. The molecule has 0 N–H and O–H groups in total. The van der Waals surface area contributed by atoms with Gasteiger partial charge in [0.2, 0.25) is 0 Å². The van der Waals surface area contributed by atoms with Gasteiger partial charge in [0.25, 0.3) is 0 Å². The van der Waals surface area contributed by atoms with Crippen LogP contribution in [-0.4, -0.2) is 4.98 Å². The predicted molar refractivity (Wildman–Crippen MR) is 40.6 cm³/mol. The minimum atomic E-state index is -0.353. The molecule has 1 aromatic rings. The van der Waals surface area contributed by atoms with Crippen molar-refractivity contribution in [1.82, 2.24) is 4.98 Å². The molecule has 1 nitrogen and oxygen atoms in total. The summed E-state index contributed by atoms with van der Waals surface area (Å²) in [4.78, 5) is 4.44. The van der Waals surface area contributed by atoms with E-state index in [0.717, 1.165) is 16.7 Å². The summed E-state index contributed by atoms with van der Waals surface area (Å²) in [7, 11) is 6.39. The lowest BCUT2D eigenvalue weighted by atomic mass is 10.4. The van der Waals surface area contributed by atoms with E-state index in [1.165, 1.54) is 12.3 Å². The van der Waals surface area contributed by atoms with E-state index in [2.05, 4.69) is 4.98 Å². The summed E-state index contributed by atoms with van der Waals surface area (Å²) in [6.45, 7) is 1.78. The van der Waals surface area contributed by atoms with Gasteiger partial charge in [0, 0.05) is 4.90 Å². The standard InChI is InChI=1S/C6H5ClFNS/c1-4-6(10-7)2-5(8)3-9-4/h2-3H,1H3. The molecule has 10 heavy (non-hydrogen) atoms. The first-order valence-electron chi connectivity index (χ1n) is 2.65. The van der Waals surface area contributed by atoms with Crippen molar-refractivity contribution in [2.75, 3.05) is 0 Å². The second-order valence-electron chi connectivity index (χ2n) is 1.81. The van der Waals surface area contributed by atoms with Crippen LogP contribution < -0.4 is 0 Å². The van der Waals surface area contributed by atoms with Crippen molar-refractivity contribution in [3.05, 3.63) is 23.8 Å². The maximum absolute atomic E-state index is 12.4. The molecule has 1 rings (SSSR count). The number of aromatic nitrogens is 1. The van der Waals surface area contributed by atoms with Gasteiger partial charge in [-0.05, 0) is 34.6 Å². The van der Waals surface area contributed by atoms with Gasteiger partial charge in [-0.1, -0.05) is 0 Å². The van der Waals surface area contributed by atoms with Gasteiger partial charge < -0.3 is 0 Å². The minimum Gasteiger partial charge on any atom is -0.257 e. The molecular formula is C6H5ClFNS. The van der Waals surface area contributed by atoms with Crippen molar-refractivity contribution >= 4 is 21.7 Å². The maximum Gasteiger partial charge on any atom is 0.142 e. The second kappa shape index (κ2) is 3.21. The first-order chi connectivity index (χ1) is 4.74. The van der Waals surface area contributed by atoms with Gasteiger partial charge in [0.1, 0.15) is 5.82 Å². The van der Waals surface area contributed by atoms with Gasteiger partial charge >= 0.3 is 0 Å². The van der Waals surface area contributed by atoms with E-state index in [9.17, 15) is 4.39 Å². The highest BCUT2D eigenvalue weighted by Crippen LogP contribution is 2.24. The highest BCUT2D eigenvalue weighted by Gasteiger charge is 1.99. The molecule has 0 aliphatic heterocycles. The summed E-state index contributed by atoms with van der Waals surface area (Å²) in [5, 5.41) is 0. The summed E-state index contributed by atoms with van der Waals surface area (Å²) in [5.74, 6) is -0.353. The lowest BCUT2D eigenvalue weighted by Crippen LogP contribution is -1.85. The van der Waals surface area contributed by atoms with Crippen LogP contribution in [-0.2, 0) is 0 Å². The molecule has 1 heterocycles. The number of nitrogens with zero attached hydrogens (tertiary/aromatic N) is 1. The zero-order chi connectivity index (χ0) is 7.56. The monoisotopic (exact) mass is 177 g/mol. The highest BCUT2D eigenvalue weighted by molar-refractivity contribution is 8.21. The van der Waals surface area contributed by atoms with Gasteiger partial charge in [-0.3, -0.25) is 4.98 Å². The van der Waals surface area contributed by atoms with Crippen LogP contribution in [0.4, 0.5) is 4.39 Å². The van der Waals surface area contributed by atoms with E-state index in [1.807, 2.05) is 0 Å². The van der Waals surface area contributed by atoms with Crippen LogP contribution in [0.1, 0.15) is 5.69 Å². The van der Waals surface area contributed by atoms with Crippen LogP contribution in [0.5, 0.6) is 0 Å². The zero-order valence-electron chi connectivity index (χ0n) is 5.27. The third-order valence-corrected chi connectivity index (χ3v) is 2.17. The first-order valence-corrected chi connectivity index (χ1v) is 4.29. The molecule has 0 atom stereocenters. The minimum absolute atomic E-state index is 0.353. The van der Waals surface area contributed by atoms with E-state index < -0.39 is 0 Å². The summed E-state index contributed by atoms with van der Waals surface area (Å²) in [6, 6.07) is 1.36. The van der Waals surface area contributed by atoms with Crippen LogP contribution in [0.25, 0.3) is 0 Å². The molecule has 0 amide bonds. The van der Waals surface area contributed by atoms with Crippen LogP contribution in [0.3, 0.4) is 0 Å². The number of halogens is 2. The lowest BCUT2D eigenvalue weighted by Gasteiger charge is -1.97. The number of rotatable bonds is 1. The number of pyridine rings is 1. The Balaban J connectivity index is 3.09. The quantitative estimate of drug-likeness (QED) is 0.654. The molecule has 1 aromatic heterocycles. The summed E-state index contributed by atoms with van der Waals surface area (Å²) < 4.78 is 12.4. The number of hydrogen-bond donors (Lipinski definition) is 0. The molecule has 0 bridgehead atoms. The van der Waals surface area contributed by atoms with Gasteiger partial charge in [-0.25, -0.2) is 4.39 Å².